The van der Waals surface area contributed by atoms with Crippen LogP contribution in [-0.4, -0.2) is 70.0 Å². The molecule has 0 aliphatic rings. The summed E-state index contributed by atoms with van der Waals surface area (Å²) < 4.78 is 33.8. The highest BCUT2D eigenvalue weighted by atomic mass is 31.2. The van der Waals surface area contributed by atoms with Gasteiger partial charge in [0.25, 0.3) is 7.82 Å². The number of hydrogen-bond donors (Lipinski definition) is 0. The Kier molecular flexibility index (Phi) is 37.1. The van der Waals surface area contributed by atoms with E-state index in [9.17, 15) is 19.0 Å². The van der Waals surface area contributed by atoms with Crippen LogP contribution < -0.4 is 4.89 Å². The van der Waals surface area contributed by atoms with E-state index < -0.39 is 32.5 Å². The van der Waals surface area contributed by atoms with E-state index in [2.05, 4.69) is 56.4 Å². The maximum Gasteiger partial charge on any atom is 0.306 e. The average Bonchev–Trinajstić information content (AvgIpc) is 3.15. The molecule has 0 bridgehead atoms. The van der Waals surface area contributed by atoms with Crippen LogP contribution in [0.15, 0.2) is 48.6 Å². The molecule has 0 fully saturated rings. The van der Waals surface area contributed by atoms with E-state index in [-0.39, 0.29) is 26.1 Å². The van der Waals surface area contributed by atoms with Gasteiger partial charge in [-0.15, -0.1) is 0 Å². The Hall–Kier alpha value is -2.03. The van der Waals surface area contributed by atoms with Crippen LogP contribution in [0.3, 0.4) is 0 Å². The lowest BCUT2D eigenvalue weighted by molar-refractivity contribution is -0.870. The van der Waals surface area contributed by atoms with Crippen molar-refractivity contribution >= 4 is 19.8 Å². The fraction of sp³-hybridized carbons (Fsp3) is 0.783. The summed E-state index contributed by atoms with van der Waals surface area (Å²) in [4.78, 5) is 37.5. The largest absolute Gasteiger partial charge is 0.756 e. The first-order chi connectivity index (χ1) is 27.0. The standard InChI is InChI=1S/C46H84NO8P/c1-6-8-10-12-14-16-18-20-22-23-25-27-29-31-33-35-37-39-46(49)55-44(43-54-56(50,51)53-41-40-47(3,4)5)42-52-45(48)38-36-34-32-30-28-26-24-21-19-17-15-13-11-9-7-2/h20,22,25-28,31,33,44H,6-19,21,23-24,29-30,32,34-43H2,1-5H3/b22-20+,27-25+,28-26+,33-31+/t44-/m1/s1. The first kappa shape index (κ1) is 54.0. The first-order valence-corrected chi connectivity index (χ1v) is 23.8. The Bertz CT molecular complexity index is 1100. The molecule has 2 atom stereocenters. The highest BCUT2D eigenvalue weighted by Crippen LogP contribution is 2.38. The van der Waals surface area contributed by atoms with Gasteiger partial charge in [0.1, 0.15) is 19.8 Å². The SMILES string of the molecule is CCCCCCCC/C=C/C/C=C/C/C=C/CCCC(=O)O[C@H](COC(=O)CCCCC/C=C/CCCCCCCCCC)COP(=O)([O-])OCC[N+](C)(C)C. The van der Waals surface area contributed by atoms with Crippen molar-refractivity contribution in [1.82, 2.24) is 0 Å². The molecule has 9 nitrogen and oxygen atoms in total. The smallest absolute Gasteiger partial charge is 0.306 e. The lowest BCUT2D eigenvalue weighted by Gasteiger charge is -2.28. The Morgan fingerprint density at radius 3 is 1.50 bits per heavy atom. The lowest BCUT2D eigenvalue weighted by Crippen LogP contribution is -2.37. The van der Waals surface area contributed by atoms with E-state index >= 15 is 0 Å². The van der Waals surface area contributed by atoms with Crippen molar-refractivity contribution in [2.45, 2.75) is 187 Å². The zero-order valence-corrected chi connectivity index (χ0v) is 37.5. The molecule has 0 amide bonds. The number of esters is 2. The van der Waals surface area contributed by atoms with Crippen LogP contribution in [0.1, 0.15) is 181 Å². The fourth-order valence-electron chi connectivity index (χ4n) is 5.78. The van der Waals surface area contributed by atoms with Gasteiger partial charge in [0.15, 0.2) is 6.10 Å². The lowest BCUT2D eigenvalue weighted by atomic mass is 10.1. The van der Waals surface area contributed by atoms with Gasteiger partial charge in [-0.05, 0) is 70.6 Å². The molecule has 0 saturated carbocycles. The number of likely N-dealkylation sites (N-methyl/N-ethyl adjacent to an activating group) is 1. The van der Waals surface area contributed by atoms with E-state index in [1.54, 1.807) is 0 Å². The van der Waals surface area contributed by atoms with Crippen molar-refractivity contribution in [2.75, 3.05) is 47.5 Å². The number of quaternary nitrogens is 1. The minimum Gasteiger partial charge on any atom is -0.756 e. The quantitative estimate of drug-likeness (QED) is 0.0198. The minimum absolute atomic E-state index is 0.0432. The van der Waals surface area contributed by atoms with Crippen molar-refractivity contribution in [1.29, 1.82) is 0 Å². The number of unbranched alkanes of at least 4 members (excludes halogenated alkanes) is 18. The van der Waals surface area contributed by atoms with Crippen LogP contribution >= 0.6 is 7.82 Å². The van der Waals surface area contributed by atoms with Crippen LogP contribution in [0.4, 0.5) is 0 Å². The monoisotopic (exact) mass is 810 g/mol. The molecular weight excluding hydrogens is 725 g/mol. The Morgan fingerprint density at radius 2 is 0.982 bits per heavy atom. The van der Waals surface area contributed by atoms with Gasteiger partial charge in [-0.3, -0.25) is 14.2 Å². The summed E-state index contributed by atoms with van der Waals surface area (Å²) >= 11 is 0. The summed E-state index contributed by atoms with van der Waals surface area (Å²) in [6, 6.07) is 0. The molecule has 0 spiro atoms. The molecule has 0 heterocycles. The number of phosphoric ester groups is 1. The van der Waals surface area contributed by atoms with Gasteiger partial charge in [-0.25, -0.2) is 0 Å². The van der Waals surface area contributed by atoms with Gasteiger partial charge >= 0.3 is 11.9 Å². The van der Waals surface area contributed by atoms with Crippen LogP contribution in [0.25, 0.3) is 0 Å². The van der Waals surface area contributed by atoms with Crippen molar-refractivity contribution in [3.63, 3.8) is 0 Å². The van der Waals surface area contributed by atoms with E-state index in [4.69, 9.17) is 18.5 Å². The topological polar surface area (TPSA) is 111 Å². The zero-order chi connectivity index (χ0) is 41.4. The molecular formula is C46H84NO8P. The van der Waals surface area contributed by atoms with Gasteiger partial charge in [-0.1, -0.05) is 146 Å². The molecule has 0 aromatic heterocycles. The number of phosphoric acid groups is 1. The third-order valence-electron chi connectivity index (χ3n) is 9.32. The fourth-order valence-corrected chi connectivity index (χ4v) is 6.51. The molecule has 1 unspecified atom stereocenters. The molecule has 0 aromatic carbocycles. The van der Waals surface area contributed by atoms with E-state index in [0.717, 1.165) is 44.9 Å². The number of carbonyl (C=O) groups is 2. The molecule has 0 aromatic rings. The van der Waals surface area contributed by atoms with Gasteiger partial charge < -0.3 is 27.9 Å². The predicted molar refractivity (Wildman–Crippen MR) is 231 cm³/mol. The molecule has 0 saturated heterocycles. The van der Waals surface area contributed by atoms with E-state index in [1.807, 2.05) is 27.2 Å². The number of allylic oxidation sites excluding steroid dienone is 8. The number of carbonyl (C=O) groups excluding carboxylic acids is 2. The van der Waals surface area contributed by atoms with Crippen molar-refractivity contribution in [3.8, 4) is 0 Å². The zero-order valence-electron chi connectivity index (χ0n) is 36.6. The highest BCUT2D eigenvalue weighted by Gasteiger charge is 2.21. The van der Waals surface area contributed by atoms with E-state index in [0.29, 0.717) is 30.3 Å². The second-order valence-corrected chi connectivity index (χ2v) is 17.5. The number of ether oxygens (including phenoxy) is 2. The second kappa shape index (κ2) is 38.5. The van der Waals surface area contributed by atoms with Crippen LogP contribution in [0.5, 0.6) is 0 Å². The minimum atomic E-state index is -4.64. The molecule has 0 N–H and O–H groups in total. The molecule has 0 aliphatic carbocycles. The molecule has 326 valence electrons. The third kappa shape index (κ3) is 41.6. The van der Waals surface area contributed by atoms with Gasteiger partial charge in [0.05, 0.1) is 27.7 Å². The molecule has 56 heavy (non-hydrogen) atoms. The summed E-state index contributed by atoms with van der Waals surface area (Å²) in [5.74, 6) is -0.915. The Labute approximate surface area is 343 Å². The van der Waals surface area contributed by atoms with Crippen molar-refractivity contribution in [3.05, 3.63) is 48.6 Å². The Morgan fingerprint density at radius 1 is 0.554 bits per heavy atom. The summed E-state index contributed by atoms with van der Waals surface area (Å²) in [5, 5.41) is 0. The summed E-state index contributed by atoms with van der Waals surface area (Å²) in [6.07, 6.45) is 44.3. The van der Waals surface area contributed by atoms with Crippen LogP contribution in [0.2, 0.25) is 0 Å². The predicted octanol–water partition coefficient (Wildman–Crippen LogP) is 12.1. The second-order valence-electron chi connectivity index (χ2n) is 16.1. The maximum absolute atomic E-state index is 12.6. The van der Waals surface area contributed by atoms with Gasteiger partial charge in [0, 0.05) is 12.8 Å². The molecule has 10 heteroatoms. The Balaban J connectivity index is 4.47. The summed E-state index contributed by atoms with van der Waals surface area (Å²) in [6.45, 7) is 4.14. The first-order valence-electron chi connectivity index (χ1n) is 22.3. The highest BCUT2D eigenvalue weighted by molar-refractivity contribution is 7.45. The van der Waals surface area contributed by atoms with Crippen LogP contribution in [0, 0.1) is 0 Å². The number of rotatable bonds is 40. The maximum atomic E-state index is 12.6. The van der Waals surface area contributed by atoms with Crippen LogP contribution in [-0.2, 0) is 32.7 Å². The molecule has 0 aliphatic heterocycles. The number of nitrogens with zero attached hydrogens (tertiary/aromatic N) is 1. The molecule has 0 rings (SSSR count). The summed E-state index contributed by atoms with van der Waals surface area (Å²) in [7, 11) is 1.12. The normalized spacial score (nSPS) is 14.0. The molecule has 0 radical (unpaired) electrons. The number of hydrogen-bond acceptors (Lipinski definition) is 8. The van der Waals surface area contributed by atoms with E-state index in [1.165, 1.54) is 89.9 Å². The van der Waals surface area contributed by atoms with Gasteiger partial charge in [0.2, 0.25) is 0 Å². The average molecular weight is 810 g/mol. The van der Waals surface area contributed by atoms with Gasteiger partial charge in [-0.2, -0.15) is 0 Å². The van der Waals surface area contributed by atoms with Crippen molar-refractivity contribution in [2.24, 2.45) is 0 Å². The third-order valence-corrected chi connectivity index (χ3v) is 10.3. The summed E-state index contributed by atoms with van der Waals surface area (Å²) in [5.41, 5.74) is 0. The van der Waals surface area contributed by atoms with Crippen molar-refractivity contribution < 1.29 is 42.1 Å².